The van der Waals surface area contributed by atoms with E-state index >= 15 is 0 Å². The van der Waals surface area contributed by atoms with Gasteiger partial charge in [-0.2, -0.15) is 0 Å². The van der Waals surface area contributed by atoms with Gasteiger partial charge in [0.25, 0.3) is 0 Å². The second-order valence-electron chi connectivity index (χ2n) is 3.66. The molecule has 0 unspecified atom stereocenters. The average Bonchev–Trinajstić information content (AvgIpc) is 2.40. The molecule has 18 heavy (non-hydrogen) atoms. The minimum atomic E-state index is -0.753. The summed E-state index contributed by atoms with van der Waals surface area (Å²) in [5.41, 5.74) is 0.687. The third-order valence-corrected chi connectivity index (χ3v) is 2.68. The lowest BCUT2D eigenvalue weighted by Crippen LogP contribution is -2.07. The van der Waals surface area contributed by atoms with Crippen LogP contribution in [0.5, 0.6) is 0 Å². The number of carbonyl (C=O) groups is 1. The maximum absolute atomic E-state index is 13.5. The van der Waals surface area contributed by atoms with Gasteiger partial charge in [0.15, 0.2) is 5.82 Å². The third kappa shape index (κ3) is 2.87. The lowest BCUT2D eigenvalue weighted by molar-refractivity contribution is 0.0467. The van der Waals surface area contributed by atoms with Crippen molar-refractivity contribution in [1.82, 2.24) is 0 Å². The fourth-order valence-corrected chi connectivity index (χ4v) is 1.64. The minimum absolute atomic E-state index is 0.0934. The summed E-state index contributed by atoms with van der Waals surface area (Å²) in [5.74, 6) is -1.48. The Labute approximate surface area is 109 Å². The quantitative estimate of drug-likeness (QED) is 0.788. The molecule has 0 aliphatic heterocycles. The predicted octanol–water partition coefficient (Wildman–Crippen LogP) is 3.84. The molecule has 0 radical (unpaired) electrons. The van der Waals surface area contributed by atoms with Gasteiger partial charge in [0.1, 0.15) is 6.61 Å². The van der Waals surface area contributed by atoms with Crippen LogP contribution >= 0.6 is 11.6 Å². The van der Waals surface area contributed by atoms with Crippen LogP contribution in [0.4, 0.5) is 4.39 Å². The summed E-state index contributed by atoms with van der Waals surface area (Å²) in [7, 11) is 0. The zero-order valence-corrected chi connectivity index (χ0v) is 10.2. The van der Waals surface area contributed by atoms with Crippen LogP contribution in [-0.4, -0.2) is 5.97 Å². The summed E-state index contributed by atoms with van der Waals surface area (Å²) < 4.78 is 18.6. The molecule has 2 aromatic rings. The number of hydrogen-bond donors (Lipinski definition) is 0. The van der Waals surface area contributed by atoms with Crippen molar-refractivity contribution in [3.05, 3.63) is 70.5 Å². The molecule has 0 aliphatic rings. The van der Waals surface area contributed by atoms with Gasteiger partial charge in [0, 0.05) is 0 Å². The van der Waals surface area contributed by atoms with Crippen molar-refractivity contribution in [1.29, 1.82) is 0 Å². The van der Waals surface area contributed by atoms with Gasteiger partial charge in [-0.05, 0) is 17.7 Å². The molecular weight excluding hydrogens is 255 g/mol. The second-order valence-corrected chi connectivity index (χ2v) is 4.07. The lowest BCUT2D eigenvalue weighted by Gasteiger charge is -2.06. The average molecular weight is 265 g/mol. The molecule has 0 spiro atoms. The SMILES string of the molecule is O=C(OCc1ccccc1)c1cccc(Cl)c1F. The van der Waals surface area contributed by atoms with Crippen molar-refractivity contribution < 1.29 is 13.9 Å². The zero-order chi connectivity index (χ0) is 13.0. The highest BCUT2D eigenvalue weighted by molar-refractivity contribution is 6.31. The molecule has 0 saturated carbocycles. The Morgan fingerprint density at radius 2 is 1.83 bits per heavy atom. The molecule has 0 aromatic heterocycles. The predicted molar refractivity (Wildman–Crippen MR) is 67.0 cm³/mol. The van der Waals surface area contributed by atoms with E-state index in [-0.39, 0.29) is 17.2 Å². The van der Waals surface area contributed by atoms with Gasteiger partial charge in [-0.15, -0.1) is 0 Å². The van der Waals surface area contributed by atoms with Crippen molar-refractivity contribution in [3.8, 4) is 0 Å². The van der Waals surface area contributed by atoms with Crippen LogP contribution in [0.1, 0.15) is 15.9 Å². The van der Waals surface area contributed by atoms with E-state index < -0.39 is 11.8 Å². The second kappa shape index (κ2) is 5.65. The normalized spacial score (nSPS) is 10.1. The standard InChI is InChI=1S/C14H10ClFO2/c15-12-8-4-7-11(13(12)16)14(17)18-9-10-5-2-1-3-6-10/h1-8H,9H2. The first kappa shape index (κ1) is 12.6. The summed E-state index contributed by atoms with van der Waals surface area (Å²) in [6.07, 6.45) is 0. The Bertz CT molecular complexity index is 555. The van der Waals surface area contributed by atoms with Gasteiger partial charge in [-0.25, -0.2) is 9.18 Å². The van der Waals surface area contributed by atoms with Crippen LogP contribution in [0, 0.1) is 5.82 Å². The lowest BCUT2D eigenvalue weighted by atomic mass is 10.2. The highest BCUT2D eigenvalue weighted by atomic mass is 35.5. The zero-order valence-electron chi connectivity index (χ0n) is 9.40. The highest BCUT2D eigenvalue weighted by Gasteiger charge is 2.15. The molecule has 0 amide bonds. The number of carbonyl (C=O) groups excluding carboxylic acids is 1. The van der Waals surface area contributed by atoms with Crippen molar-refractivity contribution in [2.75, 3.05) is 0 Å². The Balaban J connectivity index is 2.07. The van der Waals surface area contributed by atoms with Gasteiger partial charge in [-0.1, -0.05) is 48.0 Å². The van der Waals surface area contributed by atoms with Crippen molar-refractivity contribution in [2.45, 2.75) is 6.61 Å². The van der Waals surface area contributed by atoms with E-state index in [1.807, 2.05) is 30.3 Å². The molecule has 2 rings (SSSR count). The van der Waals surface area contributed by atoms with Crippen LogP contribution < -0.4 is 0 Å². The first-order valence-corrected chi connectivity index (χ1v) is 5.71. The molecule has 0 heterocycles. The number of rotatable bonds is 3. The Kier molecular flexibility index (Phi) is 3.95. The van der Waals surface area contributed by atoms with E-state index in [1.165, 1.54) is 18.2 Å². The fourth-order valence-electron chi connectivity index (χ4n) is 1.46. The van der Waals surface area contributed by atoms with E-state index in [0.29, 0.717) is 0 Å². The van der Waals surface area contributed by atoms with Crippen LogP contribution in [-0.2, 0) is 11.3 Å². The van der Waals surface area contributed by atoms with E-state index in [4.69, 9.17) is 16.3 Å². The van der Waals surface area contributed by atoms with Crippen molar-refractivity contribution >= 4 is 17.6 Å². The molecule has 0 N–H and O–H groups in total. The van der Waals surface area contributed by atoms with Crippen LogP contribution in [0.3, 0.4) is 0 Å². The number of ether oxygens (including phenoxy) is 1. The number of hydrogen-bond acceptors (Lipinski definition) is 2. The maximum atomic E-state index is 13.5. The Morgan fingerprint density at radius 1 is 1.11 bits per heavy atom. The summed E-state index contributed by atoms with van der Waals surface area (Å²) >= 11 is 5.59. The molecule has 0 saturated heterocycles. The fraction of sp³-hybridized carbons (Fsp3) is 0.0714. The Morgan fingerprint density at radius 3 is 2.56 bits per heavy atom. The number of halogens is 2. The largest absolute Gasteiger partial charge is 0.457 e. The smallest absolute Gasteiger partial charge is 0.341 e. The Hall–Kier alpha value is -1.87. The van der Waals surface area contributed by atoms with Crippen molar-refractivity contribution in [3.63, 3.8) is 0 Å². The number of benzene rings is 2. The molecule has 0 fully saturated rings. The van der Waals surface area contributed by atoms with E-state index in [9.17, 15) is 9.18 Å². The van der Waals surface area contributed by atoms with Crippen LogP contribution in [0.25, 0.3) is 0 Å². The van der Waals surface area contributed by atoms with Crippen LogP contribution in [0.15, 0.2) is 48.5 Å². The molecular formula is C14H10ClFO2. The molecule has 92 valence electrons. The maximum Gasteiger partial charge on any atom is 0.341 e. The summed E-state index contributed by atoms with van der Waals surface area (Å²) in [6.45, 7) is 0.103. The first-order valence-electron chi connectivity index (χ1n) is 5.33. The monoisotopic (exact) mass is 264 g/mol. The first-order chi connectivity index (χ1) is 8.68. The topological polar surface area (TPSA) is 26.3 Å². The van der Waals surface area contributed by atoms with Crippen molar-refractivity contribution in [2.24, 2.45) is 0 Å². The molecule has 0 aliphatic carbocycles. The van der Waals surface area contributed by atoms with Gasteiger partial charge < -0.3 is 4.74 Å². The third-order valence-electron chi connectivity index (χ3n) is 2.38. The van der Waals surface area contributed by atoms with E-state index in [2.05, 4.69) is 0 Å². The number of esters is 1. The molecule has 2 aromatic carbocycles. The van der Waals surface area contributed by atoms with E-state index in [1.54, 1.807) is 0 Å². The molecule has 2 nitrogen and oxygen atoms in total. The molecule has 0 atom stereocenters. The minimum Gasteiger partial charge on any atom is -0.457 e. The van der Waals surface area contributed by atoms with Crippen LogP contribution in [0.2, 0.25) is 5.02 Å². The van der Waals surface area contributed by atoms with E-state index in [0.717, 1.165) is 5.56 Å². The summed E-state index contributed by atoms with van der Waals surface area (Å²) in [5, 5.41) is -0.0934. The summed E-state index contributed by atoms with van der Waals surface area (Å²) in [4.78, 5) is 11.7. The van der Waals surface area contributed by atoms with Gasteiger partial charge in [0.05, 0.1) is 10.6 Å². The molecule has 4 heteroatoms. The van der Waals surface area contributed by atoms with Gasteiger partial charge in [-0.3, -0.25) is 0 Å². The highest BCUT2D eigenvalue weighted by Crippen LogP contribution is 2.18. The summed E-state index contributed by atoms with van der Waals surface area (Å²) in [6, 6.07) is 13.4. The molecule has 0 bridgehead atoms. The van der Waals surface area contributed by atoms with Gasteiger partial charge in [0.2, 0.25) is 0 Å². The van der Waals surface area contributed by atoms with Gasteiger partial charge >= 0.3 is 5.97 Å².